The molecule has 8 atom stereocenters. The van der Waals surface area contributed by atoms with Crippen LogP contribution in [0.1, 0.15) is 167 Å². The molecule has 0 N–H and O–H groups in total. The maximum absolute atomic E-state index is 3.13. The van der Waals surface area contributed by atoms with Crippen molar-refractivity contribution in [1.29, 1.82) is 0 Å². The SMILES string of the molecule is C1CC2CC(C1)CC(N1CCCN(C3CC4CCCC(C4)C3)CCN(C3CC4CCCC(C4)C3)CCCN(C3CC4CCCC(C4)C3)CC1)C2.[Cr]. The molecule has 1 saturated heterocycles. The van der Waals surface area contributed by atoms with E-state index in [1.165, 1.54) is 194 Å². The van der Waals surface area contributed by atoms with Crippen molar-refractivity contribution in [2.24, 2.45) is 47.3 Å². The predicted molar refractivity (Wildman–Crippen MR) is 209 cm³/mol. The molecular weight excluding hydrogens is 661 g/mol. The minimum absolute atomic E-state index is 0. The Morgan fingerprint density at radius 3 is 0.608 bits per heavy atom. The minimum Gasteiger partial charge on any atom is -0.299 e. The largest absolute Gasteiger partial charge is 0.299 e. The topological polar surface area (TPSA) is 13.0 Å². The molecule has 51 heavy (non-hydrogen) atoms. The third-order valence-corrected chi connectivity index (χ3v) is 17.6. The summed E-state index contributed by atoms with van der Waals surface area (Å²) < 4.78 is 0. The maximum atomic E-state index is 3.13. The van der Waals surface area contributed by atoms with Crippen LogP contribution >= 0.6 is 0 Å². The molecule has 0 aromatic heterocycles. The average molecular weight is 741 g/mol. The van der Waals surface area contributed by atoms with Crippen molar-refractivity contribution in [3.63, 3.8) is 0 Å². The van der Waals surface area contributed by atoms with E-state index in [0.717, 1.165) is 71.5 Å². The van der Waals surface area contributed by atoms with Crippen LogP contribution in [0.4, 0.5) is 0 Å². The molecule has 8 bridgehead atoms. The van der Waals surface area contributed by atoms with Crippen LogP contribution in [0.2, 0.25) is 0 Å². The van der Waals surface area contributed by atoms with Gasteiger partial charge in [-0.15, -0.1) is 0 Å². The summed E-state index contributed by atoms with van der Waals surface area (Å²) in [5.41, 5.74) is 0. The monoisotopic (exact) mass is 741 g/mol. The standard InChI is InChI=1S/C46H80N4.Cr/c1-7-35-23-36(8-1)28-43(27-35)47-15-5-16-49(45-31-39-11-3-12-40(25-39)32-45)21-22-50(46-33-41-13-4-14-42(26-41)34-46)18-6-17-48(20-19-47)44-29-37-9-2-10-38(24-37)30-44;/h35-46H,1-34H2;. The first-order valence-corrected chi connectivity index (χ1v) is 23.6. The smallest absolute Gasteiger partial charge is 0.0112 e. The van der Waals surface area contributed by atoms with Gasteiger partial charge in [0.2, 0.25) is 0 Å². The Hall–Kier alpha value is 0.372. The molecule has 9 fully saturated rings. The van der Waals surface area contributed by atoms with Crippen LogP contribution < -0.4 is 0 Å². The molecule has 0 aromatic carbocycles. The first-order chi connectivity index (χ1) is 24.7. The van der Waals surface area contributed by atoms with E-state index in [4.69, 9.17) is 0 Å². The third kappa shape index (κ3) is 9.68. The van der Waals surface area contributed by atoms with Gasteiger partial charge in [0, 0.05) is 67.7 Å². The normalized spacial score (nSPS) is 45.6. The molecule has 0 aromatic rings. The molecule has 8 saturated carbocycles. The molecule has 0 amide bonds. The number of hydrogen-bond acceptors (Lipinski definition) is 4. The van der Waals surface area contributed by atoms with Gasteiger partial charge in [0.25, 0.3) is 0 Å². The van der Waals surface area contributed by atoms with Crippen molar-refractivity contribution in [1.82, 2.24) is 19.6 Å². The van der Waals surface area contributed by atoms with E-state index in [2.05, 4.69) is 19.6 Å². The van der Waals surface area contributed by atoms with Gasteiger partial charge in [-0.25, -0.2) is 0 Å². The molecule has 0 spiro atoms. The van der Waals surface area contributed by atoms with Crippen molar-refractivity contribution in [3.8, 4) is 0 Å². The second-order valence-electron chi connectivity index (χ2n) is 20.9. The van der Waals surface area contributed by atoms with E-state index in [1.807, 2.05) is 0 Å². The van der Waals surface area contributed by atoms with Gasteiger partial charge in [0.15, 0.2) is 0 Å². The van der Waals surface area contributed by atoms with E-state index in [-0.39, 0.29) is 17.4 Å². The quantitative estimate of drug-likeness (QED) is 0.285. The zero-order chi connectivity index (χ0) is 33.3. The Labute approximate surface area is 326 Å². The molecule has 1 heterocycles. The van der Waals surface area contributed by atoms with E-state index in [0.29, 0.717) is 0 Å². The molecule has 9 aliphatic rings. The van der Waals surface area contributed by atoms with Crippen molar-refractivity contribution in [3.05, 3.63) is 0 Å². The first-order valence-electron chi connectivity index (χ1n) is 23.6. The van der Waals surface area contributed by atoms with Crippen LogP contribution in [0.5, 0.6) is 0 Å². The van der Waals surface area contributed by atoms with Gasteiger partial charge in [-0.05, 0) is 163 Å². The Balaban J connectivity index is 0.00000374. The van der Waals surface area contributed by atoms with Gasteiger partial charge in [-0.2, -0.15) is 0 Å². The zero-order valence-corrected chi connectivity index (χ0v) is 34.4. The summed E-state index contributed by atoms with van der Waals surface area (Å²) in [5.74, 6) is 8.32. The van der Waals surface area contributed by atoms with Gasteiger partial charge in [-0.3, -0.25) is 19.6 Å². The van der Waals surface area contributed by atoms with E-state index in [1.54, 1.807) is 25.7 Å². The molecule has 1 aliphatic heterocycles. The van der Waals surface area contributed by atoms with Gasteiger partial charge < -0.3 is 0 Å². The van der Waals surface area contributed by atoms with Gasteiger partial charge in [0.1, 0.15) is 0 Å². The van der Waals surface area contributed by atoms with Crippen LogP contribution in [0.25, 0.3) is 0 Å². The molecule has 290 valence electrons. The summed E-state index contributed by atoms with van der Waals surface area (Å²) in [5, 5.41) is 0. The van der Waals surface area contributed by atoms with Crippen molar-refractivity contribution >= 4 is 0 Å². The van der Waals surface area contributed by atoms with Crippen LogP contribution in [-0.2, 0) is 17.4 Å². The molecule has 5 heteroatoms. The predicted octanol–water partition coefficient (Wildman–Crippen LogP) is 9.86. The minimum atomic E-state index is 0. The zero-order valence-electron chi connectivity index (χ0n) is 33.2. The maximum Gasteiger partial charge on any atom is 0.0112 e. The van der Waals surface area contributed by atoms with Crippen LogP contribution in [0, 0.1) is 47.3 Å². The number of nitrogens with zero attached hydrogens (tertiary/aromatic N) is 4. The number of fused-ring (bicyclic) bond motifs is 8. The second-order valence-corrected chi connectivity index (χ2v) is 20.9. The Morgan fingerprint density at radius 1 is 0.216 bits per heavy atom. The van der Waals surface area contributed by atoms with E-state index in [9.17, 15) is 0 Å². The number of rotatable bonds is 4. The Bertz CT molecular complexity index is 860. The summed E-state index contributed by atoms with van der Waals surface area (Å²) in [4.78, 5) is 12.5. The first kappa shape index (κ1) is 38.3. The number of hydrogen-bond donors (Lipinski definition) is 0. The van der Waals surface area contributed by atoms with Crippen molar-refractivity contribution < 1.29 is 17.4 Å². The van der Waals surface area contributed by atoms with Gasteiger partial charge in [0.05, 0.1) is 0 Å². The van der Waals surface area contributed by atoms with Crippen LogP contribution in [0.3, 0.4) is 0 Å². The van der Waals surface area contributed by atoms with Gasteiger partial charge in [-0.1, -0.05) is 77.0 Å². The fourth-order valence-corrected chi connectivity index (χ4v) is 15.4. The van der Waals surface area contributed by atoms with Gasteiger partial charge >= 0.3 is 0 Å². The molecule has 0 radical (unpaired) electrons. The summed E-state index contributed by atoms with van der Waals surface area (Å²) in [7, 11) is 0. The molecule has 9 rings (SSSR count). The van der Waals surface area contributed by atoms with Crippen molar-refractivity contribution in [2.45, 2.75) is 191 Å². The summed E-state index contributed by atoms with van der Waals surface area (Å²) in [6.07, 6.45) is 39.7. The summed E-state index contributed by atoms with van der Waals surface area (Å²) in [6, 6.07) is 3.51. The van der Waals surface area contributed by atoms with E-state index < -0.39 is 0 Å². The Kier molecular flexibility index (Phi) is 13.6. The summed E-state index contributed by atoms with van der Waals surface area (Å²) >= 11 is 0. The summed E-state index contributed by atoms with van der Waals surface area (Å²) in [6.45, 7) is 10.9. The molecule has 8 unspecified atom stereocenters. The average Bonchev–Trinajstić information content (AvgIpc) is 3.11. The van der Waals surface area contributed by atoms with Crippen LogP contribution in [0.15, 0.2) is 0 Å². The molecule has 8 aliphatic carbocycles. The fraction of sp³-hybridized carbons (Fsp3) is 1.00. The fourth-order valence-electron chi connectivity index (χ4n) is 15.4. The second kappa shape index (κ2) is 18.1. The Morgan fingerprint density at radius 2 is 0.412 bits per heavy atom. The third-order valence-electron chi connectivity index (χ3n) is 17.6. The molecular formula is C46H80CrN4. The van der Waals surface area contributed by atoms with Crippen LogP contribution in [-0.4, -0.2) is 96.1 Å². The van der Waals surface area contributed by atoms with E-state index >= 15 is 0 Å². The van der Waals surface area contributed by atoms with Crippen molar-refractivity contribution in [2.75, 3.05) is 52.4 Å². The molecule has 4 nitrogen and oxygen atoms in total.